The molecule has 0 radical (unpaired) electrons. The van der Waals surface area contributed by atoms with Crippen LogP contribution in [0.2, 0.25) is 5.02 Å². The summed E-state index contributed by atoms with van der Waals surface area (Å²) in [4.78, 5) is 11.3. The molecule has 1 aliphatic rings. The number of carbonyl (C=O) groups excluding carboxylic acids is 1. The fraction of sp³-hybridized carbons (Fsp3) is 0.333. The van der Waals surface area contributed by atoms with Gasteiger partial charge in [-0.05, 0) is 54.2 Å². The zero-order valence-corrected chi connectivity index (χ0v) is 16.9. The lowest BCUT2D eigenvalue weighted by atomic mass is 9.78. The van der Waals surface area contributed by atoms with Crippen LogP contribution in [0.15, 0.2) is 30.3 Å². The number of carbonyl (C=O) groups is 1. The number of hydrogen-bond acceptors (Lipinski definition) is 4. The first-order valence-electron chi connectivity index (χ1n) is 9.02. The molecular formula is C21H20Cl2N2O3. The first-order valence-corrected chi connectivity index (χ1v) is 9.94. The fourth-order valence-electron chi connectivity index (χ4n) is 3.53. The van der Waals surface area contributed by atoms with Gasteiger partial charge in [-0.1, -0.05) is 23.7 Å². The van der Waals surface area contributed by atoms with Crippen molar-refractivity contribution in [3.05, 3.63) is 57.6 Å². The third-order valence-electron chi connectivity index (χ3n) is 4.79. The second-order valence-electron chi connectivity index (χ2n) is 6.44. The summed E-state index contributed by atoms with van der Waals surface area (Å²) in [6.07, 6.45) is 2.26. The van der Waals surface area contributed by atoms with Crippen molar-refractivity contribution in [3.8, 4) is 17.6 Å². The van der Waals surface area contributed by atoms with Gasteiger partial charge in [0.1, 0.15) is 18.4 Å². The predicted octanol–water partition coefficient (Wildman–Crippen LogP) is 5.02. The van der Waals surface area contributed by atoms with Crippen LogP contribution in [0.1, 0.15) is 41.0 Å². The molecule has 2 aromatic rings. The van der Waals surface area contributed by atoms with Crippen LogP contribution in [0.5, 0.6) is 11.5 Å². The lowest BCUT2D eigenvalue weighted by molar-refractivity contribution is 0.203. The minimum Gasteiger partial charge on any atom is -0.489 e. The first kappa shape index (κ1) is 20.3. The van der Waals surface area contributed by atoms with E-state index in [1.54, 1.807) is 12.1 Å². The van der Waals surface area contributed by atoms with Crippen LogP contribution in [-0.2, 0) is 6.42 Å². The van der Waals surface area contributed by atoms with Gasteiger partial charge < -0.3 is 14.8 Å². The molecule has 1 unspecified atom stereocenters. The lowest BCUT2D eigenvalue weighted by Crippen LogP contribution is -2.22. The van der Waals surface area contributed by atoms with E-state index in [9.17, 15) is 10.1 Å². The van der Waals surface area contributed by atoms with E-state index in [2.05, 4.69) is 11.4 Å². The van der Waals surface area contributed by atoms with Crippen molar-refractivity contribution in [3.63, 3.8) is 0 Å². The normalized spacial score (nSPS) is 15.3. The molecule has 1 amide bonds. The van der Waals surface area contributed by atoms with Gasteiger partial charge in [-0.25, -0.2) is 4.79 Å². The number of amides is 1. The van der Waals surface area contributed by atoms with Crippen LogP contribution in [0, 0.1) is 11.3 Å². The molecule has 28 heavy (non-hydrogen) atoms. The molecule has 3 rings (SSSR count). The molecule has 0 bridgehead atoms. The topological polar surface area (TPSA) is 71.3 Å². The van der Waals surface area contributed by atoms with E-state index in [0.717, 1.165) is 36.0 Å². The van der Waals surface area contributed by atoms with Gasteiger partial charge in [0.25, 0.3) is 0 Å². The molecule has 5 nitrogen and oxygen atoms in total. The molecule has 1 aliphatic carbocycles. The van der Waals surface area contributed by atoms with Gasteiger partial charge in [-0.15, -0.1) is 11.6 Å². The first-order chi connectivity index (χ1) is 13.6. The average molecular weight is 419 g/mol. The van der Waals surface area contributed by atoms with Gasteiger partial charge in [0.15, 0.2) is 5.75 Å². The van der Waals surface area contributed by atoms with Crippen LogP contribution in [0.25, 0.3) is 0 Å². The van der Waals surface area contributed by atoms with Crippen LogP contribution >= 0.6 is 23.2 Å². The number of rotatable bonds is 5. The molecule has 7 heteroatoms. The standard InChI is InChI=1S/C21H20Cl2N2O3/c1-25-21(26)28-15-7-5-13(6-8-15)16-3-2-4-17-18(16)11-14(12-24)20(19(17)23)27-10-9-22/h5-8,11,16H,2-4,9-10H2,1H3,(H,25,26). The number of nitrogens with zero attached hydrogens (tertiary/aromatic N) is 1. The molecule has 0 aliphatic heterocycles. The average Bonchev–Trinajstić information content (AvgIpc) is 2.73. The van der Waals surface area contributed by atoms with E-state index in [0.29, 0.717) is 34.6 Å². The van der Waals surface area contributed by atoms with Gasteiger partial charge in [-0.3, -0.25) is 0 Å². The highest BCUT2D eigenvalue weighted by Crippen LogP contribution is 2.44. The molecule has 1 N–H and O–H groups in total. The molecule has 0 aromatic heterocycles. The number of hydrogen-bond donors (Lipinski definition) is 1. The summed E-state index contributed by atoms with van der Waals surface area (Å²) in [5.41, 5.74) is 3.57. The van der Waals surface area contributed by atoms with Crippen molar-refractivity contribution in [2.75, 3.05) is 19.5 Å². The Labute approximate surface area is 174 Å². The molecule has 0 fully saturated rings. The van der Waals surface area contributed by atoms with Crippen LogP contribution in [0.4, 0.5) is 4.79 Å². The van der Waals surface area contributed by atoms with Crippen molar-refractivity contribution >= 4 is 29.3 Å². The van der Waals surface area contributed by atoms with Gasteiger partial charge in [-0.2, -0.15) is 5.26 Å². The van der Waals surface area contributed by atoms with Crippen molar-refractivity contribution in [2.24, 2.45) is 0 Å². The van der Waals surface area contributed by atoms with Crippen LogP contribution < -0.4 is 14.8 Å². The number of ether oxygens (including phenoxy) is 2. The highest BCUT2D eigenvalue weighted by atomic mass is 35.5. The second-order valence-corrected chi connectivity index (χ2v) is 7.19. The number of alkyl halides is 1. The number of benzene rings is 2. The summed E-state index contributed by atoms with van der Waals surface area (Å²) in [6, 6.07) is 11.5. The molecule has 2 aromatic carbocycles. The Balaban J connectivity index is 1.96. The maximum atomic E-state index is 11.3. The minimum atomic E-state index is -0.509. The zero-order valence-electron chi connectivity index (χ0n) is 15.4. The Hall–Kier alpha value is -2.42. The van der Waals surface area contributed by atoms with Crippen molar-refractivity contribution in [2.45, 2.75) is 25.2 Å². The second kappa shape index (κ2) is 9.18. The molecular weight excluding hydrogens is 399 g/mol. The summed E-state index contributed by atoms with van der Waals surface area (Å²) in [5, 5.41) is 12.5. The number of nitriles is 1. The maximum absolute atomic E-state index is 11.3. The minimum absolute atomic E-state index is 0.115. The van der Waals surface area contributed by atoms with Gasteiger partial charge in [0.05, 0.1) is 16.5 Å². The van der Waals surface area contributed by atoms with E-state index >= 15 is 0 Å². The molecule has 1 atom stereocenters. The lowest BCUT2D eigenvalue weighted by Gasteiger charge is -2.28. The smallest absolute Gasteiger partial charge is 0.412 e. The molecule has 0 heterocycles. The monoisotopic (exact) mass is 418 g/mol. The quantitative estimate of drug-likeness (QED) is 0.692. The molecule has 0 saturated heterocycles. The number of fused-ring (bicyclic) bond motifs is 1. The Morgan fingerprint density at radius 1 is 1.36 bits per heavy atom. The summed E-state index contributed by atoms with van der Waals surface area (Å²) in [7, 11) is 1.51. The van der Waals surface area contributed by atoms with Crippen molar-refractivity contribution in [1.82, 2.24) is 5.32 Å². The maximum Gasteiger partial charge on any atom is 0.412 e. The fourth-order valence-corrected chi connectivity index (χ4v) is 3.97. The molecule has 146 valence electrons. The number of nitrogens with one attached hydrogen (secondary N) is 1. The largest absolute Gasteiger partial charge is 0.489 e. The summed E-state index contributed by atoms with van der Waals surface area (Å²) < 4.78 is 10.8. The Morgan fingerprint density at radius 3 is 2.75 bits per heavy atom. The van der Waals surface area contributed by atoms with E-state index in [4.69, 9.17) is 32.7 Å². The zero-order chi connectivity index (χ0) is 20.1. The summed E-state index contributed by atoms with van der Waals surface area (Å²) in [6.45, 7) is 0.297. The molecule has 0 spiro atoms. The number of halogens is 2. The predicted molar refractivity (Wildman–Crippen MR) is 109 cm³/mol. The van der Waals surface area contributed by atoms with Gasteiger partial charge >= 0.3 is 6.09 Å². The Morgan fingerprint density at radius 2 is 2.11 bits per heavy atom. The third-order valence-corrected chi connectivity index (χ3v) is 5.35. The van der Waals surface area contributed by atoms with Crippen molar-refractivity contribution in [1.29, 1.82) is 5.26 Å². The highest BCUT2D eigenvalue weighted by molar-refractivity contribution is 6.33. The third kappa shape index (κ3) is 4.19. The summed E-state index contributed by atoms with van der Waals surface area (Å²) >= 11 is 12.3. The van der Waals surface area contributed by atoms with E-state index < -0.39 is 6.09 Å². The van der Waals surface area contributed by atoms with Gasteiger partial charge in [0, 0.05) is 13.0 Å². The molecule has 0 saturated carbocycles. The SMILES string of the molecule is CNC(=O)Oc1ccc(C2CCCc3c2cc(C#N)c(OCCCl)c3Cl)cc1. The highest BCUT2D eigenvalue weighted by Gasteiger charge is 2.27. The van der Waals surface area contributed by atoms with E-state index in [-0.39, 0.29) is 5.92 Å². The van der Waals surface area contributed by atoms with E-state index in [1.165, 1.54) is 7.05 Å². The van der Waals surface area contributed by atoms with Gasteiger partial charge in [0.2, 0.25) is 0 Å². The van der Waals surface area contributed by atoms with Crippen LogP contribution in [0.3, 0.4) is 0 Å². The Bertz CT molecular complexity index is 907. The van der Waals surface area contributed by atoms with Crippen molar-refractivity contribution < 1.29 is 14.3 Å². The van der Waals surface area contributed by atoms with Crippen LogP contribution in [-0.4, -0.2) is 25.6 Å². The Kier molecular flexibility index (Phi) is 6.66. The van der Waals surface area contributed by atoms with E-state index in [1.807, 2.05) is 18.2 Å². The summed E-state index contributed by atoms with van der Waals surface area (Å²) in [5.74, 6) is 1.33.